The molecular formula is C11H18F3N3O. The summed E-state index contributed by atoms with van der Waals surface area (Å²) in [5.41, 5.74) is 0.491. The molecule has 0 saturated heterocycles. The fourth-order valence-electron chi connectivity index (χ4n) is 1.25. The van der Waals surface area contributed by atoms with Crippen LogP contribution >= 0.6 is 0 Å². The van der Waals surface area contributed by atoms with E-state index in [0.717, 1.165) is 4.90 Å². The monoisotopic (exact) mass is 265 g/mol. The van der Waals surface area contributed by atoms with Crippen molar-refractivity contribution >= 4 is 6.01 Å². The summed E-state index contributed by atoms with van der Waals surface area (Å²) in [7, 11) is 1.29. The number of anilines is 1. The second-order valence-corrected chi connectivity index (χ2v) is 5.20. The molecule has 0 aliphatic carbocycles. The molecule has 104 valence electrons. The van der Waals surface area contributed by atoms with Gasteiger partial charge in [0.15, 0.2) is 0 Å². The zero-order valence-electron chi connectivity index (χ0n) is 10.9. The van der Waals surface area contributed by atoms with Crippen LogP contribution in [-0.2, 0) is 6.54 Å². The van der Waals surface area contributed by atoms with Gasteiger partial charge in [-0.2, -0.15) is 18.2 Å². The maximum absolute atomic E-state index is 12.2. The Hall–Kier alpha value is -1.24. The van der Waals surface area contributed by atoms with Crippen LogP contribution in [0, 0.1) is 0 Å². The fourth-order valence-corrected chi connectivity index (χ4v) is 1.25. The lowest BCUT2D eigenvalue weighted by Gasteiger charge is -2.19. The summed E-state index contributed by atoms with van der Waals surface area (Å²) in [4.78, 5) is 4.93. The highest BCUT2D eigenvalue weighted by Gasteiger charge is 2.30. The molecule has 1 aromatic heterocycles. The highest BCUT2D eigenvalue weighted by atomic mass is 19.4. The molecular weight excluding hydrogens is 247 g/mol. The van der Waals surface area contributed by atoms with Crippen LogP contribution in [0.4, 0.5) is 19.2 Å². The molecule has 0 saturated carbocycles. The number of hydrogen-bond acceptors (Lipinski definition) is 4. The molecule has 1 N–H and O–H groups in total. The molecule has 0 amide bonds. The molecule has 18 heavy (non-hydrogen) atoms. The van der Waals surface area contributed by atoms with Crippen LogP contribution in [0.3, 0.4) is 0 Å². The number of nitrogens with one attached hydrogen (secondary N) is 1. The molecule has 0 bridgehead atoms. The van der Waals surface area contributed by atoms with Crippen molar-refractivity contribution in [2.24, 2.45) is 0 Å². The van der Waals surface area contributed by atoms with Crippen molar-refractivity contribution in [3.8, 4) is 0 Å². The predicted octanol–water partition coefficient (Wildman–Crippen LogP) is 2.56. The third-order valence-corrected chi connectivity index (χ3v) is 2.08. The Morgan fingerprint density at radius 1 is 1.33 bits per heavy atom. The largest absolute Gasteiger partial charge is 0.432 e. The van der Waals surface area contributed by atoms with Gasteiger partial charge >= 0.3 is 6.18 Å². The van der Waals surface area contributed by atoms with E-state index in [4.69, 9.17) is 4.42 Å². The quantitative estimate of drug-likeness (QED) is 0.908. The van der Waals surface area contributed by atoms with E-state index in [0.29, 0.717) is 12.2 Å². The zero-order chi connectivity index (χ0) is 14.0. The van der Waals surface area contributed by atoms with Crippen molar-refractivity contribution in [1.29, 1.82) is 0 Å². The summed E-state index contributed by atoms with van der Waals surface area (Å²) >= 11 is 0. The Kier molecular flexibility index (Phi) is 4.26. The minimum atomic E-state index is -4.27. The SMILES string of the molecule is CN(CC(F)(F)F)c1nc(CNC(C)(C)C)co1. The van der Waals surface area contributed by atoms with Gasteiger partial charge in [-0.15, -0.1) is 0 Å². The summed E-state index contributed by atoms with van der Waals surface area (Å²) in [5.74, 6) is 0. The van der Waals surface area contributed by atoms with Crippen LogP contribution < -0.4 is 10.2 Å². The van der Waals surface area contributed by atoms with Gasteiger partial charge in [-0.25, -0.2) is 0 Å². The van der Waals surface area contributed by atoms with Gasteiger partial charge in [0, 0.05) is 19.1 Å². The first-order valence-corrected chi connectivity index (χ1v) is 5.54. The van der Waals surface area contributed by atoms with Crippen molar-refractivity contribution in [2.45, 2.75) is 39.0 Å². The Labute approximate surface area is 104 Å². The molecule has 0 spiro atoms. The first kappa shape index (κ1) is 14.8. The van der Waals surface area contributed by atoms with E-state index in [2.05, 4.69) is 10.3 Å². The van der Waals surface area contributed by atoms with Crippen LogP contribution in [0.15, 0.2) is 10.7 Å². The maximum atomic E-state index is 12.2. The average Bonchev–Trinajstić information content (AvgIpc) is 2.58. The molecule has 0 fully saturated rings. The molecule has 1 aromatic rings. The number of aromatic nitrogens is 1. The van der Waals surface area contributed by atoms with Crippen molar-refractivity contribution in [2.75, 3.05) is 18.5 Å². The van der Waals surface area contributed by atoms with Crippen molar-refractivity contribution in [1.82, 2.24) is 10.3 Å². The van der Waals surface area contributed by atoms with Gasteiger partial charge in [0.2, 0.25) is 0 Å². The lowest BCUT2D eigenvalue weighted by molar-refractivity contribution is -0.119. The minimum Gasteiger partial charge on any atom is -0.432 e. The molecule has 4 nitrogen and oxygen atoms in total. The first-order chi connectivity index (χ1) is 8.07. The van der Waals surface area contributed by atoms with Crippen LogP contribution in [0.1, 0.15) is 26.5 Å². The average molecular weight is 265 g/mol. The van der Waals surface area contributed by atoms with E-state index in [1.165, 1.54) is 13.3 Å². The third kappa shape index (κ3) is 5.39. The van der Waals surface area contributed by atoms with E-state index in [1.54, 1.807) is 0 Å². The van der Waals surface area contributed by atoms with Crippen LogP contribution in [0.25, 0.3) is 0 Å². The highest BCUT2D eigenvalue weighted by Crippen LogP contribution is 2.20. The topological polar surface area (TPSA) is 41.3 Å². The Morgan fingerprint density at radius 3 is 2.44 bits per heavy atom. The summed E-state index contributed by atoms with van der Waals surface area (Å²) in [6, 6.07) is -0.0296. The standard InChI is InChI=1S/C11H18F3N3O/c1-10(2,3)15-5-8-6-18-9(16-8)17(4)7-11(12,13)14/h6,15H,5,7H2,1-4H3. The number of nitrogens with zero attached hydrogens (tertiary/aromatic N) is 2. The lowest BCUT2D eigenvalue weighted by Crippen LogP contribution is -2.35. The summed E-state index contributed by atoms with van der Waals surface area (Å²) in [5, 5.41) is 3.18. The summed E-state index contributed by atoms with van der Waals surface area (Å²) in [6.07, 6.45) is -2.91. The molecule has 0 radical (unpaired) electrons. The highest BCUT2D eigenvalue weighted by molar-refractivity contribution is 5.25. The van der Waals surface area contributed by atoms with E-state index in [-0.39, 0.29) is 11.6 Å². The third-order valence-electron chi connectivity index (χ3n) is 2.08. The van der Waals surface area contributed by atoms with Crippen LogP contribution in [0.2, 0.25) is 0 Å². The van der Waals surface area contributed by atoms with Crippen molar-refractivity contribution in [3.05, 3.63) is 12.0 Å². The second-order valence-electron chi connectivity index (χ2n) is 5.20. The van der Waals surface area contributed by atoms with E-state index < -0.39 is 12.7 Å². The first-order valence-electron chi connectivity index (χ1n) is 5.54. The van der Waals surface area contributed by atoms with Gasteiger partial charge in [0.05, 0.1) is 5.69 Å². The molecule has 7 heteroatoms. The number of hydrogen-bond donors (Lipinski definition) is 1. The summed E-state index contributed by atoms with van der Waals surface area (Å²) in [6.45, 7) is 5.34. The molecule has 1 rings (SSSR count). The summed E-state index contributed by atoms with van der Waals surface area (Å²) < 4.78 is 41.6. The molecule has 0 aliphatic rings. The molecule has 0 aliphatic heterocycles. The molecule has 0 aromatic carbocycles. The van der Waals surface area contributed by atoms with E-state index >= 15 is 0 Å². The van der Waals surface area contributed by atoms with E-state index in [9.17, 15) is 13.2 Å². The van der Waals surface area contributed by atoms with Gasteiger partial charge in [-0.3, -0.25) is 0 Å². The van der Waals surface area contributed by atoms with Gasteiger partial charge < -0.3 is 14.6 Å². The Morgan fingerprint density at radius 2 is 1.94 bits per heavy atom. The van der Waals surface area contributed by atoms with Gasteiger partial charge in [0.25, 0.3) is 6.01 Å². The van der Waals surface area contributed by atoms with Gasteiger partial charge in [0.1, 0.15) is 12.8 Å². The predicted molar refractivity (Wildman–Crippen MR) is 62.4 cm³/mol. The van der Waals surface area contributed by atoms with E-state index in [1.807, 2.05) is 20.8 Å². The Balaban J connectivity index is 2.58. The minimum absolute atomic E-state index is 0.0296. The van der Waals surface area contributed by atoms with Gasteiger partial charge in [-0.1, -0.05) is 0 Å². The van der Waals surface area contributed by atoms with Crippen molar-refractivity contribution < 1.29 is 17.6 Å². The van der Waals surface area contributed by atoms with Gasteiger partial charge in [-0.05, 0) is 20.8 Å². The van der Waals surface area contributed by atoms with Crippen LogP contribution in [0.5, 0.6) is 0 Å². The molecule has 0 unspecified atom stereocenters. The number of halogens is 3. The lowest BCUT2D eigenvalue weighted by atomic mass is 10.1. The fraction of sp³-hybridized carbons (Fsp3) is 0.727. The number of oxazole rings is 1. The zero-order valence-corrected chi connectivity index (χ0v) is 10.9. The second kappa shape index (κ2) is 5.17. The normalized spacial score (nSPS) is 12.8. The molecule has 1 heterocycles. The van der Waals surface area contributed by atoms with Crippen LogP contribution in [-0.4, -0.2) is 30.3 Å². The van der Waals surface area contributed by atoms with Crippen molar-refractivity contribution in [3.63, 3.8) is 0 Å². The molecule has 0 atom stereocenters. The Bertz CT molecular complexity index is 382. The number of rotatable bonds is 4. The number of alkyl halides is 3. The maximum Gasteiger partial charge on any atom is 0.406 e. The smallest absolute Gasteiger partial charge is 0.406 e.